The zero-order valence-electron chi connectivity index (χ0n) is 12.6. The van der Waals surface area contributed by atoms with Crippen molar-refractivity contribution < 1.29 is 17.9 Å². The molecule has 2 unspecified atom stereocenters. The second-order valence-corrected chi connectivity index (χ2v) is 7.18. The maximum absolute atomic E-state index is 12.8. The molecule has 0 spiro atoms. The first kappa shape index (κ1) is 16.2. The highest BCUT2D eigenvalue weighted by molar-refractivity contribution is 7.89. The molecule has 6 nitrogen and oxygen atoms in total. The second-order valence-electron chi connectivity index (χ2n) is 5.27. The fourth-order valence-electron chi connectivity index (χ4n) is 2.52. The molecular weight excluding hydrogens is 292 g/mol. The molecule has 0 aliphatic carbocycles. The number of nitrogens with zero attached hydrogens (tertiary/aromatic N) is 1. The lowest BCUT2D eigenvalue weighted by molar-refractivity contribution is -0.0441. The number of hydrogen-bond donors (Lipinski definition) is 1. The van der Waals surface area contributed by atoms with Gasteiger partial charge < -0.3 is 15.2 Å². The fourth-order valence-corrected chi connectivity index (χ4v) is 4.25. The zero-order chi connectivity index (χ0) is 15.6. The van der Waals surface area contributed by atoms with Crippen LogP contribution >= 0.6 is 0 Å². The molecule has 2 N–H and O–H groups in total. The molecule has 2 rings (SSSR count). The van der Waals surface area contributed by atoms with Crippen LogP contribution in [0.2, 0.25) is 0 Å². The first-order valence-electron chi connectivity index (χ1n) is 6.91. The Kier molecular flexibility index (Phi) is 4.88. The Bertz CT molecular complexity index is 593. The predicted octanol–water partition coefficient (Wildman–Crippen LogP) is 0.952. The summed E-state index contributed by atoms with van der Waals surface area (Å²) >= 11 is 0. The minimum atomic E-state index is -3.61. The van der Waals surface area contributed by atoms with Crippen molar-refractivity contribution in [2.45, 2.75) is 37.5 Å². The van der Waals surface area contributed by atoms with Crippen molar-refractivity contribution in [1.82, 2.24) is 4.31 Å². The molecule has 1 aromatic carbocycles. The summed E-state index contributed by atoms with van der Waals surface area (Å²) in [5.74, 6) is 0.324. The van der Waals surface area contributed by atoms with E-state index >= 15 is 0 Å². The van der Waals surface area contributed by atoms with E-state index in [9.17, 15) is 8.42 Å². The maximum atomic E-state index is 12.8. The number of hydrogen-bond acceptors (Lipinski definition) is 5. The van der Waals surface area contributed by atoms with Gasteiger partial charge in [0.25, 0.3) is 0 Å². The number of benzene rings is 1. The van der Waals surface area contributed by atoms with Crippen LogP contribution in [-0.2, 0) is 21.3 Å². The van der Waals surface area contributed by atoms with Gasteiger partial charge in [0.1, 0.15) is 10.6 Å². The molecule has 118 valence electrons. The summed E-state index contributed by atoms with van der Waals surface area (Å²) in [6.07, 6.45) is -0.254. The van der Waals surface area contributed by atoms with Crippen LogP contribution < -0.4 is 10.5 Å². The standard InChI is InChI=1S/C14H22N2O4S/c1-10-8-16(9-11(2)20-10)21(17,18)14-5-4-12(7-15)6-13(14)19-3/h4-6,10-11H,7-9,15H2,1-3H3. The maximum Gasteiger partial charge on any atom is 0.246 e. The minimum Gasteiger partial charge on any atom is -0.495 e. The third kappa shape index (κ3) is 3.37. The van der Waals surface area contributed by atoms with Crippen LogP contribution in [0, 0.1) is 0 Å². The van der Waals surface area contributed by atoms with Gasteiger partial charge in [-0.3, -0.25) is 0 Å². The van der Waals surface area contributed by atoms with Crippen molar-refractivity contribution in [2.24, 2.45) is 5.73 Å². The van der Waals surface area contributed by atoms with Gasteiger partial charge in [0, 0.05) is 19.6 Å². The third-order valence-electron chi connectivity index (χ3n) is 3.47. The molecule has 1 aromatic rings. The van der Waals surface area contributed by atoms with Gasteiger partial charge in [-0.15, -0.1) is 0 Å². The van der Waals surface area contributed by atoms with Crippen LogP contribution in [0.25, 0.3) is 0 Å². The number of sulfonamides is 1. The fraction of sp³-hybridized carbons (Fsp3) is 0.571. The number of morpholine rings is 1. The van der Waals surface area contributed by atoms with E-state index < -0.39 is 10.0 Å². The van der Waals surface area contributed by atoms with Gasteiger partial charge in [-0.05, 0) is 31.5 Å². The average molecular weight is 314 g/mol. The molecule has 1 heterocycles. The van der Waals surface area contributed by atoms with Crippen LogP contribution in [0.4, 0.5) is 0 Å². The van der Waals surface area contributed by atoms with Gasteiger partial charge in [-0.1, -0.05) is 6.07 Å². The summed E-state index contributed by atoms with van der Waals surface area (Å²) < 4.78 is 37.9. The van der Waals surface area contributed by atoms with Crippen molar-refractivity contribution in [2.75, 3.05) is 20.2 Å². The van der Waals surface area contributed by atoms with Gasteiger partial charge in [-0.2, -0.15) is 4.31 Å². The van der Waals surface area contributed by atoms with Crippen LogP contribution in [-0.4, -0.2) is 45.1 Å². The lowest BCUT2D eigenvalue weighted by Crippen LogP contribution is -2.48. The highest BCUT2D eigenvalue weighted by Crippen LogP contribution is 2.29. The Hall–Kier alpha value is -1.15. The zero-order valence-corrected chi connectivity index (χ0v) is 13.4. The molecule has 1 aliphatic rings. The van der Waals surface area contributed by atoms with E-state index in [0.717, 1.165) is 5.56 Å². The van der Waals surface area contributed by atoms with Crippen molar-refractivity contribution in [3.05, 3.63) is 23.8 Å². The van der Waals surface area contributed by atoms with Gasteiger partial charge >= 0.3 is 0 Å². The molecule has 1 fully saturated rings. The number of methoxy groups -OCH3 is 1. The Labute approximate surface area is 125 Å². The van der Waals surface area contributed by atoms with Crippen LogP contribution in [0.3, 0.4) is 0 Å². The smallest absolute Gasteiger partial charge is 0.246 e. The molecule has 21 heavy (non-hydrogen) atoms. The molecule has 0 amide bonds. The summed E-state index contributed by atoms with van der Waals surface area (Å²) in [4.78, 5) is 0.170. The quantitative estimate of drug-likeness (QED) is 0.895. The van der Waals surface area contributed by atoms with E-state index in [1.54, 1.807) is 18.2 Å². The van der Waals surface area contributed by atoms with Crippen LogP contribution in [0.5, 0.6) is 5.75 Å². The van der Waals surface area contributed by atoms with Crippen molar-refractivity contribution >= 4 is 10.0 Å². The van der Waals surface area contributed by atoms with E-state index in [0.29, 0.717) is 25.4 Å². The predicted molar refractivity (Wildman–Crippen MR) is 79.7 cm³/mol. The van der Waals surface area contributed by atoms with Gasteiger partial charge in [-0.25, -0.2) is 8.42 Å². The Morgan fingerprint density at radius 3 is 2.48 bits per heavy atom. The van der Waals surface area contributed by atoms with Crippen LogP contribution in [0.1, 0.15) is 19.4 Å². The third-order valence-corrected chi connectivity index (χ3v) is 5.34. The van der Waals surface area contributed by atoms with E-state index in [-0.39, 0.29) is 17.1 Å². The Balaban J connectivity index is 2.39. The summed E-state index contributed by atoms with van der Waals surface area (Å²) in [7, 11) is -2.15. The highest BCUT2D eigenvalue weighted by atomic mass is 32.2. The first-order chi connectivity index (χ1) is 9.88. The summed E-state index contributed by atoms with van der Waals surface area (Å²) in [6, 6.07) is 4.93. The van der Waals surface area contributed by atoms with E-state index in [2.05, 4.69) is 0 Å². The average Bonchev–Trinajstić information content (AvgIpc) is 2.45. The number of ether oxygens (including phenoxy) is 2. The summed E-state index contributed by atoms with van der Waals surface area (Å²) in [6.45, 7) is 4.76. The topological polar surface area (TPSA) is 81.9 Å². The Morgan fingerprint density at radius 1 is 1.33 bits per heavy atom. The largest absolute Gasteiger partial charge is 0.495 e. The van der Waals surface area contributed by atoms with Crippen molar-refractivity contribution in [1.29, 1.82) is 0 Å². The summed E-state index contributed by atoms with van der Waals surface area (Å²) in [5.41, 5.74) is 6.41. The minimum absolute atomic E-state index is 0.127. The van der Waals surface area contributed by atoms with Crippen molar-refractivity contribution in [3.63, 3.8) is 0 Å². The summed E-state index contributed by atoms with van der Waals surface area (Å²) in [5, 5.41) is 0. The molecule has 0 saturated carbocycles. The van der Waals surface area contributed by atoms with Gasteiger partial charge in [0.15, 0.2) is 0 Å². The molecular formula is C14H22N2O4S. The molecule has 1 aliphatic heterocycles. The lowest BCUT2D eigenvalue weighted by Gasteiger charge is -2.34. The normalized spacial score (nSPS) is 24.0. The molecule has 0 radical (unpaired) electrons. The molecule has 0 bridgehead atoms. The van der Waals surface area contributed by atoms with E-state index in [1.165, 1.54) is 11.4 Å². The first-order valence-corrected chi connectivity index (χ1v) is 8.35. The molecule has 2 atom stereocenters. The SMILES string of the molecule is COc1cc(CN)ccc1S(=O)(=O)N1CC(C)OC(C)C1. The van der Waals surface area contributed by atoms with E-state index in [1.807, 2.05) is 13.8 Å². The second kappa shape index (κ2) is 6.31. The van der Waals surface area contributed by atoms with Gasteiger partial charge in [0.05, 0.1) is 19.3 Å². The highest BCUT2D eigenvalue weighted by Gasteiger charge is 2.33. The number of rotatable bonds is 4. The Morgan fingerprint density at radius 2 is 1.95 bits per heavy atom. The van der Waals surface area contributed by atoms with Gasteiger partial charge in [0.2, 0.25) is 10.0 Å². The van der Waals surface area contributed by atoms with Crippen LogP contribution in [0.15, 0.2) is 23.1 Å². The number of nitrogens with two attached hydrogens (primary N) is 1. The lowest BCUT2D eigenvalue weighted by atomic mass is 10.2. The monoisotopic (exact) mass is 314 g/mol. The van der Waals surface area contributed by atoms with E-state index in [4.69, 9.17) is 15.2 Å². The molecule has 7 heteroatoms. The van der Waals surface area contributed by atoms with Crippen molar-refractivity contribution in [3.8, 4) is 5.75 Å². The molecule has 0 aromatic heterocycles. The molecule has 1 saturated heterocycles.